The van der Waals surface area contributed by atoms with Crippen LogP contribution in [0.1, 0.15) is 55.6 Å². The molecule has 1 aromatic heterocycles. The number of likely N-dealkylation sites (tertiary alicyclic amines) is 1. The summed E-state index contributed by atoms with van der Waals surface area (Å²) in [5.41, 5.74) is 1.36. The van der Waals surface area contributed by atoms with Gasteiger partial charge in [-0.1, -0.05) is 18.2 Å². The molecule has 0 radical (unpaired) electrons. The molecular formula is C29H32F3N5O3. The van der Waals surface area contributed by atoms with Crippen LogP contribution in [0.15, 0.2) is 48.7 Å². The van der Waals surface area contributed by atoms with Crippen molar-refractivity contribution < 1.29 is 27.5 Å². The fourth-order valence-electron chi connectivity index (χ4n) is 5.54. The summed E-state index contributed by atoms with van der Waals surface area (Å²) in [6, 6.07) is 6.69. The van der Waals surface area contributed by atoms with Crippen molar-refractivity contribution in [3.8, 4) is 0 Å². The van der Waals surface area contributed by atoms with Crippen molar-refractivity contribution in [3.63, 3.8) is 0 Å². The highest BCUT2D eigenvalue weighted by molar-refractivity contribution is 5.84. The van der Waals surface area contributed by atoms with Crippen LogP contribution in [-0.2, 0) is 29.0 Å². The highest BCUT2D eigenvalue weighted by atomic mass is 19.1. The molecule has 0 spiro atoms. The summed E-state index contributed by atoms with van der Waals surface area (Å²) in [7, 11) is 0. The monoisotopic (exact) mass is 555 g/mol. The summed E-state index contributed by atoms with van der Waals surface area (Å²) in [5.74, 6) is -2.13. The van der Waals surface area contributed by atoms with Gasteiger partial charge in [0.1, 0.15) is 23.1 Å². The summed E-state index contributed by atoms with van der Waals surface area (Å²) < 4.78 is 49.7. The zero-order chi connectivity index (χ0) is 28.6. The van der Waals surface area contributed by atoms with Crippen molar-refractivity contribution >= 4 is 12.0 Å². The molecule has 2 N–H and O–H groups in total. The minimum Gasteiger partial charge on any atom is -0.444 e. The van der Waals surface area contributed by atoms with Gasteiger partial charge in [-0.15, -0.1) is 0 Å². The molecule has 0 aliphatic carbocycles. The Bertz CT molecular complexity index is 1390. The van der Waals surface area contributed by atoms with Crippen LogP contribution in [0.4, 0.5) is 18.0 Å². The Balaban J connectivity index is 1.53. The maximum absolute atomic E-state index is 15.3. The number of H-pyrrole nitrogens is 1. The van der Waals surface area contributed by atoms with Crippen molar-refractivity contribution in [2.45, 2.75) is 70.4 Å². The van der Waals surface area contributed by atoms with E-state index in [-0.39, 0.29) is 30.9 Å². The summed E-state index contributed by atoms with van der Waals surface area (Å²) in [4.78, 5) is 30.5. The lowest BCUT2D eigenvalue weighted by Crippen LogP contribution is -2.61. The number of piperidine rings is 1. The van der Waals surface area contributed by atoms with E-state index < -0.39 is 47.3 Å². The van der Waals surface area contributed by atoms with Crippen LogP contribution in [0.2, 0.25) is 0 Å². The predicted octanol–water partition coefficient (Wildman–Crippen LogP) is 4.62. The van der Waals surface area contributed by atoms with Gasteiger partial charge in [0.2, 0.25) is 5.91 Å². The van der Waals surface area contributed by atoms with E-state index in [4.69, 9.17) is 4.74 Å². The van der Waals surface area contributed by atoms with Crippen molar-refractivity contribution in [1.29, 1.82) is 0 Å². The summed E-state index contributed by atoms with van der Waals surface area (Å²) in [6.45, 7) is 6.07. The fourth-order valence-corrected chi connectivity index (χ4v) is 5.54. The van der Waals surface area contributed by atoms with Crippen LogP contribution < -0.4 is 5.32 Å². The Hall–Kier alpha value is -3.86. The second-order valence-corrected chi connectivity index (χ2v) is 11.3. The highest BCUT2D eigenvalue weighted by Gasteiger charge is 2.47. The number of benzene rings is 2. The van der Waals surface area contributed by atoms with Crippen molar-refractivity contribution in [3.05, 3.63) is 88.5 Å². The molecule has 212 valence electrons. The second kappa shape index (κ2) is 11.0. The van der Waals surface area contributed by atoms with Gasteiger partial charge < -0.3 is 15.0 Å². The quantitative estimate of drug-likeness (QED) is 0.463. The first-order chi connectivity index (χ1) is 19.0. The number of halogens is 3. The Morgan fingerprint density at radius 2 is 1.90 bits per heavy atom. The number of fused-ring (bicyclic) bond motifs is 1. The summed E-state index contributed by atoms with van der Waals surface area (Å²) in [6.07, 6.45) is 1.24. The predicted molar refractivity (Wildman–Crippen MR) is 140 cm³/mol. The number of rotatable bonds is 6. The van der Waals surface area contributed by atoms with E-state index in [1.54, 1.807) is 45.2 Å². The van der Waals surface area contributed by atoms with Gasteiger partial charge in [-0.05, 0) is 63.4 Å². The molecule has 2 aliphatic rings. The number of alkyl carbamates (subject to hydrolysis) is 1. The molecule has 3 atom stereocenters. The minimum atomic E-state index is -1.05. The normalized spacial score (nSPS) is 21.4. The maximum atomic E-state index is 15.3. The molecule has 3 aromatic rings. The standard InChI is InChI=1S/C29H32F3N5O3/c1-29(2,3)40-28(39)34-23-13-25(36-15-18-14-33-35-24(18)16-36)27(38)37(11-10-17-6-4-5-7-21(17)31)26(23)20-12-19(30)8-9-22(20)32/h4-9,12,14,23,25-26H,10-11,13,15-16H2,1-3H3,(H,33,35)(H,34,39)/t23-,25+,26?/m0/s1. The molecular weight excluding hydrogens is 523 g/mol. The van der Waals surface area contributed by atoms with Gasteiger partial charge in [-0.25, -0.2) is 18.0 Å². The zero-order valence-electron chi connectivity index (χ0n) is 22.6. The average molecular weight is 556 g/mol. The van der Waals surface area contributed by atoms with Crippen LogP contribution >= 0.6 is 0 Å². The molecule has 40 heavy (non-hydrogen) atoms. The van der Waals surface area contributed by atoms with Crippen molar-refractivity contribution in [2.24, 2.45) is 0 Å². The zero-order valence-corrected chi connectivity index (χ0v) is 22.6. The number of hydrogen-bond acceptors (Lipinski definition) is 5. The number of amides is 2. The smallest absolute Gasteiger partial charge is 0.407 e. The second-order valence-electron chi connectivity index (χ2n) is 11.3. The van der Waals surface area contributed by atoms with E-state index in [9.17, 15) is 18.4 Å². The van der Waals surface area contributed by atoms with E-state index in [1.165, 1.54) is 11.0 Å². The van der Waals surface area contributed by atoms with Gasteiger partial charge in [-0.2, -0.15) is 5.10 Å². The third-order valence-electron chi connectivity index (χ3n) is 7.30. The van der Waals surface area contributed by atoms with Crippen molar-refractivity contribution in [2.75, 3.05) is 6.54 Å². The Labute approximate surface area is 230 Å². The lowest BCUT2D eigenvalue weighted by Gasteiger charge is -2.47. The van der Waals surface area contributed by atoms with Crippen LogP contribution in [-0.4, -0.2) is 56.2 Å². The minimum absolute atomic E-state index is 0.0179. The third kappa shape index (κ3) is 5.84. The van der Waals surface area contributed by atoms with Gasteiger partial charge >= 0.3 is 6.09 Å². The number of hydrogen-bond donors (Lipinski definition) is 2. The number of carbonyl (C=O) groups is 2. The first-order valence-corrected chi connectivity index (χ1v) is 13.2. The molecule has 2 aromatic carbocycles. The van der Waals surface area contributed by atoms with Gasteiger partial charge in [-0.3, -0.25) is 14.8 Å². The number of nitrogens with zero attached hydrogens (tertiary/aromatic N) is 3. The van der Waals surface area contributed by atoms with Crippen LogP contribution in [0.25, 0.3) is 0 Å². The van der Waals surface area contributed by atoms with Crippen LogP contribution in [0, 0.1) is 17.5 Å². The number of carbonyl (C=O) groups excluding carboxylic acids is 2. The van der Waals surface area contributed by atoms with E-state index in [0.717, 1.165) is 29.5 Å². The Morgan fingerprint density at radius 1 is 1.12 bits per heavy atom. The topological polar surface area (TPSA) is 90.6 Å². The number of aromatic amines is 1. The van der Waals surface area contributed by atoms with Gasteiger partial charge in [0.25, 0.3) is 0 Å². The molecule has 8 nitrogen and oxygen atoms in total. The third-order valence-corrected chi connectivity index (χ3v) is 7.30. The maximum Gasteiger partial charge on any atom is 0.407 e. The largest absolute Gasteiger partial charge is 0.444 e. The number of aromatic nitrogens is 2. The average Bonchev–Trinajstić information content (AvgIpc) is 3.48. The Kier molecular flexibility index (Phi) is 7.59. The molecule has 1 unspecified atom stereocenters. The van der Waals surface area contributed by atoms with E-state index in [1.807, 2.05) is 4.90 Å². The van der Waals surface area contributed by atoms with Gasteiger partial charge in [0.15, 0.2) is 0 Å². The molecule has 1 saturated heterocycles. The lowest BCUT2D eigenvalue weighted by molar-refractivity contribution is -0.146. The molecule has 5 rings (SSSR count). The molecule has 3 heterocycles. The van der Waals surface area contributed by atoms with Crippen molar-refractivity contribution in [1.82, 2.24) is 25.3 Å². The molecule has 2 amide bonds. The van der Waals surface area contributed by atoms with Gasteiger partial charge in [0, 0.05) is 30.8 Å². The fraction of sp³-hybridized carbons (Fsp3) is 0.414. The molecule has 0 saturated carbocycles. The summed E-state index contributed by atoms with van der Waals surface area (Å²) >= 11 is 0. The summed E-state index contributed by atoms with van der Waals surface area (Å²) in [5, 5.41) is 9.83. The van der Waals surface area contributed by atoms with Crippen LogP contribution in [0.3, 0.4) is 0 Å². The first-order valence-electron chi connectivity index (χ1n) is 13.2. The molecule has 2 aliphatic heterocycles. The van der Waals surface area contributed by atoms with Gasteiger partial charge in [0.05, 0.1) is 30.0 Å². The number of ether oxygens (including phenoxy) is 1. The highest BCUT2D eigenvalue weighted by Crippen LogP contribution is 2.38. The first kappa shape index (κ1) is 27.7. The molecule has 11 heteroatoms. The molecule has 1 fully saturated rings. The Morgan fingerprint density at radius 3 is 2.62 bits per heavy atom. The van der Waals surface area contributed by atoms with Crippen LogP contribution in [0.5, 0.6) is 0 Å². The van der Waals surface area contributed by atoms with E-state index >= 15 is 4.39 Å². The van der Waals surface area contributed by atoms with E-state index in [0.29, 0.717) is 18.7 Å². The SMILES string of the molecule is CC(C)(C)OC(=O)N[C@H]1C[C@@H](N2Cc3cn[nH]c3C2)C(=O)N(CCc2ccccc2F)C1c1cc(F)ccc1F. The van der Waals surface area contributed by atoms with E-state index in [2.05, 4.69) is 15.5 Å². The number of nitrogens with one attached hydrogen (secondary N) is 2. The molecule has 0 bridgehead atoms. The lowest BCUT2D eigenvalue weighted by atomic mass is 9.86.